The van der Waals surface area contributed by atoms with E-state index in [-0.39, 0.29) is 5.57 Å². The van der Waals surface area contributed by atoms with Crippen molar-refractivity contribution in [1.82, 2.24) is 4.57 Å². The molecule has 0 atom stereocenters. The molecule has 5 heteroatoms. The minimum absolute atomic E-state index is 0.0427. The zero-order valence-electron chi connectivity index (χ0n) is 14.6. The van der Waals surface area contributed by atoms with Gasteiger partial charge in [0.1, 0.15) is 11.6 Å². The first-order valence-corrected chi connectivity index (χ1v) is 8.10. The molecule has 2 rings (SSSR count). The normalized spacial score (nSPS) is 10.8. The number of rotatable bonds is 5. The molecular formula is C20H20N4O. The number of benzene rings is 1. The summed E-state index contributed by atoms with van der Waals surface area (Å²) in [5.41, 5.74) is 4.12. The second kappa shape index (κ2) is 7.99. The molecule has 25 heavy (non-hydrogen) atoms. The minimum atomic E-state index is -0.465. The zero-order valence-corrected chi connectivity index (χ0v) is 14.6. The van der Waals surface area contributed by atoms with E-state index in [0.29, 0.717) is 11.3 Å². The number of nitrogens with one attached hydrogen (secondary N) is 1. The number of carbonyl (C=O) groups is 1. The largest absolute Gasteiger partial charge is 0.349 e. The van der Waals surface area contributed by atoms with Gasteiger partial charge < -0.3 is 9.88 Å². The third-order valence-electron chi connectivity index (χ3n) is 4.00. The number of hydrogen-bond acceptors (Lipinski definition) is 3. The van der Waals surface area contributed by atoms with E-state index in [1.807, 2.05) is 32.1 Å². The summed E-state index contributed by atoms with van der Waals surface area (Å²) >= 11 is 0. The summed E-state index contributed by atoms with van der Waals surface area (Å²) in [5.74, 6) is -0.465. The summed E-state index contributed by atoms with van der Waals surface area (Å²) in [6.07, 6.45) is 2.64. The topological polar surface area (TPSA) is 81.6 Å². The van der Waals surface area contributed by atoms with Gasteiger partial charge in [-0.25, -0.2) is 0 Å². The second-order valence-corrected chi connectivity index (χ2v) is 5.79. The van der Waals surface area contributed by atoms with E-state index >= 15 is 0 Å². The maximum atomic E-state index is 12.4. The molecule has 0 bridgehead atoms. The lowest BCUT2D eigenvalue weighted by Crippen LogP contribution is -2.13. The third-order valence-corrected chi connectivity index (χ3v) is 4.00. The van der Waals surface area contributed by atoms with E-state index in [0.717, 1.165) is 29.9 Å². The van der Waals surface area contributed by atoms with E-state index in [2.05, 4.69) is 16.8 Å². The van der Waals surface area contributed by atoms with Gasteiger partial charge in [-0.05, 0) is 62.2 Å². The Hall–Kier alpha value is -3.31. The first-order chi connectivity index (χ1) is 12.0. The zero-order chi connectivity index (χ0) is 18.4. The molecule has 0 radical (unpaired) electrons. The number of nitriles is 2. The molecule has 1 N–H and O–H groups in total. The number of anilines is 1. The Morgan fingerprint density at radius 1 is 1.24 bits per heavy atom. The van der Waals surface area contributed by atoms with Crippen LogP contribution in [0.25, 0.3) is 6.08 Å². The molecule has 5 nitrogen and oxygen atoms in total. The SMILES string of the molecule is CCCn1c(C)cc(/C=C(\C#N)C(=O)Nc2ccc(C#N)cc2)c1C. The van der Waals surface area contributed by atoms with Gasteiger partial charge in [0.15, 0.2) is 0 Å². The Balaban J connectivity index is 2.25. The molecule has 0 spiro atoms. The van der Waals surface area contributed by atoms with Gasteiger partial charge in [-0.3, -0.25) is 4.79 Å². The van der Waals surface area contributed by atoms with Crippen molar-refractivity contribution in [3.05, 3.63) is 58.4 Å². The van der Waals surface area contributed by atoms with Gasteiger partial charge in [-0.2, -0.15) is 10.5 Å². The van der Waals surface area contributed by atoms with Crippen LogP contribution in [0.4, 0.5) is 5.69 Å². The van der Waals surface area contributed by atoms with Crippen LogP contribution in [0.3, 0.4) is 0 Å². The van der Waals surface area contributed by atoms with Crippen molar-refractivity contribution in [3.8, 4) is 12.1 Å². The fraction of sp³-hybridized carbons (Fsp3) is 0.250. The Kier molecular flexibility index (Phi) is 5.76. The molecule has 1 heterocycles. The van der Waals surface area contributed by atoms with Gasteiger partial charge in [0.25, 0.3) is 5.91 Å². The molecule has 0 unspecified atom stereocenters. The number of hydrogen-bond donors (Lipinski definition) is 1. The van der Waals surface area contributed by atoms with Gasteiger partial charge in [-0.15, -0.1) is 0 Å². The Bertz CT molecular complexity index is 890. The number of carbonyl (C=O) groups excluding carboxylic acids is 1. The van der Waals surface area contributed by atoms with Crippen molar-refractivity contribution in [1.29, 1.82) is 10.5 Å². The van der Waals surface area contributed by atoms with Crippen molar-refractivity contribution >= 4 is 17.7 Å². The third kappa shape index (κ3) is 4.16. The highest BCUT2D eigenvalue weighted by atomic mass is 16.1. The summed E-state index contributed by atoms with van der Waals surface area (Å²) in [6.45, 7) is 7.02. The Labute approximate surface area is 147 Å². The first kappa shape index (κ1) is 18.0. The molecule has 126 valence electrons. The maximum Gasteiger partial charge on any atom is 0.266 e. The molecule has 1 aromatic carbocycles. The minimum Gasteiger partial charge on any atom is -0.349 e. The van der Waals surface area contributed by atoms with Crippen LogP contribution in [-0.4, -0.2) is 10.5 Å². The van der Waals surface area contributed by atoms with Crippen molar-refractivity contribution in [2.45, 2.75) is 33.7 Å². The van der Waals surface area contributed by atoms with E-state index in [1.54, 1.807) is 30.3 Å². The first-order valence-electron chi connectivity index (χ1n) is 8.10. The van der Waals surface area contributed by atoms with Crippen molar-refractivity contribution < 1.29 is 4.79 Å². The molecule has 1 aromatic heterocycles. The molecule has 0 saturated carbocycles. The lowest BCUT2D eigenvalue weighted by Gasteiger charge is -2.07. The van der Waals surface area contributed by atoms with Crippen molar-refractivity contribution in [2.24, 2.45) is 0 Å². The summed E-state index contributed by atoms with van der Waals surface area (Å²) in [4.78, 5) is 12.4. The maximum absolute atomic E-state index is 12.4. The summed E-state index contributed by atoms with van der Waals surface area (Å²) in [7, 11) is 0. The highest BCUT2D eigenvalue weighted by Gasteiger charge is 2.13. The number of aryl methyl sites for hydroxylation is 1. The Morgan fingerprint density at radius 2 is 1.92 bits per heavy atom. The fourth-order valence-corrected chi connectivity index (χ4v) is 2.67. The molecule has 0 aliphatic heterocycles. The van der Waals surface area contributed by atoms with Gasteiger partial charge >= 0.3 is 0 Å². The molecule has 0 fully saturated rings. The average Bonchev–Trinajstić information content (AvgIpc) is 2.88. The predicted octanol–water partition coefficient (Wildman–Crippen LogP) is 3.93. The standard InChI is InChI=1S/C20H20N4O/c1-4-9-24-14(2)10-17(15(24)3)11-18(13-22)20(25)23-19-7-5-16(12-21)6-8-19/h5-8,10-11H,4,9H2,1-3H3,(H,23,25)/b18-11+. The smallest absolute Gasteiger partial charge is 0.266 e. The number of amides is 1. The monoisotopic (exact) mass is 332 g/mol. The Morgan fingerprint density at radius 3 is 2.48 bits per heavy atom. The number of nitrogens with zero attached hydrogens (tertiary/aromatic N) is 3. The van der Waals surface area contributed by atoms with Gasteiger partial charge in [0, 0.05) is 23.6 Å². The van der Waals surface area contributed by atoms with Crippen LogP contribution in [0.1, 0.15) is 35.9 Å². The molecule has 0 saturated heterocycles. The quantitative estimate of drug-likeness (QED) is 0.665. The summed E-state index contributed by atoms with van der Waals surface area (Å²) in [6, 6.07) is 12.5. The predicted molar refractivity (Wildman–Crippen MR) is 97.6 cm³/mol. The lowest BCUT2D eigenvalue weighted by molar-refractivity contribution is -0.112. The van der Waals surface area contributed by atoms with Crippen molar-refractivity contribution in [3.63, 3.8) is 0 Å². The van der Waals surface area contributed by atoms with E-state index in [9.17, 15) is 10.1 Å². The van der Waals surface area contributed by atoms with Gasteiger partial charge in [0.2, 0.25) is 0 Å². The highest BCUT2D eigenvalue weighted by Crippen LogP contribution is 2.19. The van der Waals surface area contributed by atoms with Gasteiger partial charge in [0.05, 0.1) is 11.6 Å². The highest BCUT2D eigenvalue weighted by molar-refractivity contribution is 6.09. The number of aromatic nitrogens is 1. The molecule has 0 aliphatic rings. The van der Waals surface area contributed by atoms with Crippen LogP contribution in [0.2, 0.25) is 0 Å². The van der Waals surface area contributed by atoms with E-state index in [1.165, 1.54) is 0 Å². The van der Waals surface area contributed by atoms with Crippen molar-refractivity contribution in [2.75, 3.05) is 5.32 Å². The van der Waals surface area contributed by atoms with Crippen LogP contribution in [0.5, 0.6) is 0 Å². The second-order valence-electron chi connectivity index (χ2n) is 5.79. The van der Waals surface area contributed by atoms with Crippen LogP contribution in [0, 0.1) is 36.5 Å². The molecule has 2 aromatic rings. The van der Waals surface area contributed by atoms with Crippen LogP contribution < -0.4 is 5.32 Å². The molecule has 0 aliphatic carbocycles. The van der Waals surface area contributed by atoms with E-state index in [4.69, 9.17) is 5.26 Å². The van der Waals surface area contributed by atoms with Crippen LogP contribution >= 0.6 is 0 Å². The molecular weight excluding hydrogens is 312 g/mol. The van der Waals surface area contributed by atoms with E-state index < -0.39 is 5.91 Å². The van der Waals surface area contributed by atoms with Crippen LogP contribution in [-0.2, 0) is 11.3 Å². The van der Waals surface area contributed by atoms with Gasteiger partial charge in [-0.1, -0.05) is 6.92 Å². The summed E-state index contributed by atoms with van der Waals surface area (Å²) < 4.78 is 2.18. The lowest BCUT2D eigenvalue weighted by atomic mass is 10.1. The van der Waals surface area contributed by atoms with Crippen LogP contribution in [0.15, 0.2) is 35.9 Å². The average molecular weight is 332 g/mol. The fourth-order valence-electron chi connectivity index (χ4n) is 2.67. The molecule has 1 amide bonds. The summed E-state index contributed by atoms with van der Waals surface area (Å²) in [5, 5.41) is 20.8.